The quantitative estimate of drug-likeness (QED) is 0.818. The van der Waals surface area contributed by atoms with E-state index in [9.17, 15) is 8.78 Å². The molecule has 0 aliphatic rings. The summed E-state index contributed by atoms with van der Waals surface area (Å²) in [6, 6.07) is 9.01. The summed E-state index contributed by atoms with van der Waals surface area (Å²) in [5, 5.41) is 0. The van der Waals surface area contributed by atoms with E-state index in [1.165, 1.54) is 31.4 Å². The molecule has 2 rings (SSSR count). The summed E-state index contributed by atoms with van der Waals surface area (Å²) in [7, 11) is 1.53. The molecule has 0 spiro atoms. The molecule has 2 nitrogen and oxygen atoms in total. The van der Waals surface area contributed by atoms with Crippen LogP contribution in [0.25, 0.3) is 0 Å². The monoisotopic (exact) mass is 294 g/mol. The number of hydrogen-bond acceptors (Lipinski definition) is 2. The Labute approximate surface area is 124 Å². The summed E-state index contributed by atoms with van der Waals surface area (Å²) >= 11 is 0. The van der Waals surface area contributed by atoms with Crippen molar-refractivity contribution in [2.75, 3.05) is 13.7 Å². The van der Waals surface area contributed by atoms with Crippen LogP contribution in [0, 0.1) is 25.5 Å². The standard InChI is InChI=1S/C9H11FO.C8H9FO/c1-3-11-9-6-8(10)5-4-7(9)2;1-6-3-4-7(9)5-8(6)10-2/h4-6H,3H2,1-2H3;3-5H,1-2H3. The summed E-state index contributed by atoms with van der Waals surface area (Å²) < 4.78 is 35.1. The van der Waals surface area contributed by atoms with Gasteiger partial charge < -0.3 is 9.47 Å². The number of rotatable bonds is 3. The van der Waals surface area contributed by atoms with E-state index in [-0.39, 0.29) is 11.6 Å². The Balaban J connectivity index is 0.000000211. The molecule has 4 heteroatoms. The lowest BCUT2D eigenvalue weighted by atomic mass is 10.2. The van der Waals surface area contributed by atoms with E-state index in [0.717, 1.165) is 11.1 Å². The van der Waals surface area contributed by atoms with Crippen LogP contribution < -0.4 is 9.47 Å². The first-order valence-electron chi connectivity index (χ1n) is 6.67. The van der Waals surface area contributed by atoms with Crippen molar-refractivity contribution in [1.82, 2.24) is 0 Å². The molecule has 0 N–H and O–H groups in total. The molecule has 114 valence electrons. The minimum Gasteiger partial charge on any atom is -0.496 e. The van der Waals surface area contributed by atoms with Gasteiger partial charge in [-0.25, -0.2) is 8.78 Å². The minimum atomic E-state index is -0.262. The first-order chi connectivity index (χ1) is 9.97. The predicted octanol–water partition coefficient (Wildman–Crippen LogP) is 4.68. The van der Waals surface area contributed by atoms with Gasteiger partial charge in [0.15, 0.2) is 0 Å². The van der Waals surface area contributed by atoms with Gasteiger partial charge in [-0.1, -0.05) is 12.1 Å². The van der Waals surface area contributed by atoms with Crippen molar-refractivity contribution in [3.8, 4) is 11.5 Å². The molecular formula is C17H20F2O2. The number of halogens is 2. The van der Waals surface area contributed by atoms with E-state index >= 15 is 0 Å². The zero-order chi connectivity index (χ0) is 15.8. The van der Waals surface area contributed by atoms with Crippen molar-refractivity contribution in [2.45, 2.75) is 20.8 Å². The number of aryl methyl sites for hydroxylation is 2. The van der Waals surface area contributed by atoms with E-state index in [2.05, 4.69) is 0 Å². The largest absolute Gasteiger partial charge is 0.496 e. The van der Waals surface area contributed by atoms with Crippen LogP contribution in [0.2, 0.25) is 0 Å². The smallest absolute Gasteiger partial charge is 0.126 e. The molecule has 0 amide bonds. The Morgan fingerprint density at radius 3 is 1.76 bits per heavy atom. The van der Waals surface area contributed by atoms with Crippen molar-refractivity contribution in [3.63, 3.8) is 0 Å². The van der Waals surface area contributed by atoms with E-state index in [1.54, 1.807) is 12.1 Å². The maximum Gasteiger partial charge on any atom is 0.126 e. The van der Waals surface area contributed by atoms with Crippen molar-refractivity contribution in [3.05, 3.63) is 59.2 Å². The van der Waals surface area contributed by atoms with Gasteiger partial charge in [0.2, 0.25) is 0 Å². The normalized spacial score (nSPS) is 9.62. The maximum absolute atomic E-state index is 12.6. The van der Waals surface area contributed by atoms with Crippen LogP contribution in [0.15, 0.2) is 36.4 Å². The second kappa shape index (κ2) is 8.25. The molecular weight excluding hydrogens is 274 g/mol. The molecule has 0 heterocycles. The third-order valence-electron chi connectivity index (χ3n) is 2.82. The molecule has 0 aliphatic carbocycles. The van der Waals surface area contributed by atoms with Gasteiger partial charge in [-0.2, -0.15) is 0 Å². The van der Waals surface area contributed by atoms with Crippen LogP contribution in [0.5, 0.6) is 11.5 Å². The number of ether oxygens (including phenoxy) is 2. The molecule has 2 aromatic carbocycles. The van der Waals surface area contributed by atoms with Gasteiger partial charge in [0.05, 0.1) is 13.7 Å². The molecule has 21 heavy (non-hydrogen) atoms. The highest BCUT2D eigenvalue weighted by Crippen LogP contribution is 2.18. The number of methoxy groups -OCH3 is 1. The van der Waals surface area contributed by atoms with E-state index in [0.29, 0.717) is 18.1 Å². The Hall–Kier alpha value is -2.10. The van der Waals surface area contributed by atoms with Gasteiger partial charge in [-0.15, -0.1) is 0 Å². The molecule has 0 fully saturated rings. The van der Waals surface area contributed by atoms with Crippen molar-refractivity contribution in [2.24, 2.45) is 0 Å². The Kier molecular flexibility index (Phi) is 6.66. The van der Waals surface area contributed by atoms with E-state index in [1.807, 2.05) is 20.8 Å². The van der Waals surface area contributed by atoms with Crippen LogP contribution in [0.3, 0.4) is 0 Å². The van der Waals surface area contributed by atoms with Crippen LogP contribution in [0.1, 0.15) is 18.1 Å². The fourth-order valence-corrected chi connectivity index (χ4v) is 1.68. The minimum absolute atomic E-state index is 0.251. The lowest BCUT2D eigenvalue weighted by Crippen LogP contribution is -1.94. The van der Waals surface area contributed by atoms with Gasteiger partial charge in [0, 0.05) is 12.1 Å². The number of benzene rings is 2. The first kappa shape index (κ1) is 17.0. The second-order valence-corrected chi connectivity index (χ2v) is 4.46. The van der Waals surface area contributed by atoms with Crippen LogP contribution in [-0.2, 0) is 0 Å². The van der Waals surface area contributed by atoms with Gasteiger partial charge in [-0.05, 0) is 44.0 Å². The molecule has 0 atom stereocenters. The topological polar surface area (TPSA) is 18.5 Å². The second-order valence-electron chi connectivity index (χ2n) is 4.46. The fraction of sp³-hybridized carbons (Fsp3) is 0.294. The summed E-state index contributed by atoms with van der Waals surface area (Å²) in [4.78, 5) is 0. The number of hydrogen-bond donors (Lipinski definition) is 0. The molecule has 2 aromatic rings. The summed E-state index contributed by atoms with van der Waals surface area (Å²) in [6.07, 6.45) is 0. The molecule has 0 unspecified atom stereocenters. The van der Waals surface area contributed by atoms with Gasteiger partial charge in [0.1, 0.15) is 23.1 Å². The Bertz CT molecular complexity index is 583. The summed E-state index contributed by atoms with van der Waals surface area (Å²) in [5.41, 5.74) is 1.91. The molecule has 0 saturated carbocycles. The highest BCUT2D eigenvalue weighted by molar-refractivity contribution is 5.33. The highest BCUT2D eigenvalue weighted by Gasteiger charge is 1.99. The summed E-state index contributed by atoms with van der Waals surface area (Å²) in [5.74, 6) is 0.717. The lowest BCUT2D eigenvalue weighted by molar-refractivity contribution is 0.336. The van der Waals surface area contributed by atoms with Gasteiger partial charge in [-0.3, -0.25) is 0 Å². The molecule has 0 aliphatic heterocycles. The maximum atomic E-state index is 12.6. The molecule has 0 radical (unpaired) electrons. The average molecular weight is 294 g/mol. The molecule has 0 bridgehead atoms. The van der Waals surface area contributed by atoms with E-state index in [4.69, 9.17) is 9.47 Å². The zero-order valence-corrected chi connectivity index (χ0v) is 12.7. The van der Waals surface area contributed by atoms with E-state index < -0.39 is 0 Å². The Morgan fingerprint density at radius 1 is 0.857 bits per heavy atom. The highest BCUT2D eigenvalue weighted by atomic mass is 19.1. The van der Waals surface area contributed by atoms with Crippen LogP contribution >= 0.6 is 0 Å². The first-order valence-corrected chi connectivity index (χ1v) is 6.67. The van der Waals surface area contributed by atoms with Crippen molar-refractivity contribution >= 4 is 0 Å². The third kappa shape index (κ3) is 5.42. The predicted molar refractivity (Wildman–Crippen MR) is 80.0 cm³/mol. The van der Waals surface area contributed by atoms with Crippen molar-refractivity contribution < 1.29 is 18.3 Å². The van der Waals surface area contributed by atoms with Crippen LogP contribution in [0.4, 0.5) is 8.78 Å². The van der Waals surface area contributed by atoms with Crippen LogP contribution in [-0.4, -0.2) is 13.7 Å². The molecule has 0 aromatic heterocycles. The summed E-state index contributed by atoms with van der Waals surface area (Å²) in [6.45, 7) is 6.22. The van der Waals surface area contributed by atoms with Gasteiger partial charge in [0.25, 0.3) is 0 Å². The zero-order valence-electron chi connectivity index (χ0n) is 12.7. The van der Waals surface area contributed by atoms with Gasteiger partial charge >= 0.3 is 0 Å². The SMILES string of the molecule is CCOc1cc(F)ccc1C.COc1cc(F)ccc1C. The fourth-order valence-electron chi connectivity index (χ4n) is 1.68. The lowest BCUT2D eigenvalue weighted by Gasteiger charge is -2.05. The Morgan fingerprint density at radius 2 is 1.33 bits per heavy atom. The third-order valence-corrected chi connectivity index (χ3v) is 2.82. The van der Waals surface area contributed by atoms with Crippen molar-refractivity contribution in [1.29, 1.82) is 0 Å². The average Bonchev–Trinajstić information content (AvgIpc) is 2.46. The molecule has 0 saturated heterocycles.